The van der Waals surface area contributed by atoms with Gasteiger partial charge in [0.1, 0.15) is 23.2 Å². The van der Waals surface area contributed by atoms with Crippen molar-refractivity contribution in [3.63, 3.8) is 0 Å². The number of carbonyl (C=O) groups excluding carboxylic acids is 1. The Morgan fingerprint density at radius 3 is 2.82 bits per heavy atom. The second kappa shape index (κ2) is 7.52. The van der Waals surface area contributed by atoms with E-state index in [1.165, 1.54) is 13.2 Å². The number of rotatable bonds is 4. The van der Waals surface area contributed by atoms with Crippen LogP contribution < -0.4 is 19.9 Å². The van der Waals surface area contributed by atoms with Gasteiger partial charge in [0.15, 0.2) is 0 Å². The number of anilines is 2. The number of halogens is 1. The van der Waals surface area contributed by atoms with E-state index in [9.17, 15) is 9.18 Å². The Kier molecular flexibility index (Phi) is 4.58. The summed E-state index contributed by atoms with van der Waals surface area (Å²) in [4.78, 5) is 26.7. The highest BCUT2D eigenvalue weighted by Crippen LogP contribution is 2.39. The normalized spacial score (nSPS) is 21.1. The van der Waals surface area contributed by atoms with Crippen LogP contribution in [0.15, 0.2) is 42.6 Å². The molecule has 3 aromatic rings. The minimum absolute atomic E-state index is 0.155. The van der Waals surface area contributed by atoms with Gasteiger partial charge in [-0.3, -0.25) is 14.7 Å². The first-order valence-corrected chi connectivity index (χ1v) is 11.1. The van der Waals surface area contributed by atoms with Crippen molar-refractivity contribution < 1.29 is 13.9 Å². The minimum Gasteiger partial charge on any atom is -0.496 e. The number of nitrogens with zero attached hydrogens (tertiary/aromatic N) is 4. The number of amides is 1. The van der Waals surface area contributed by atoms with Crippen molar-refractivity contribution in [3.8, 4) is 17.0 Å². The standard InChI is InChI=1S/C25H24FN5O2/c1-14-8-21(30-12-15-10-16(30)11-28-15)29-22(9-14)31-13-18-17(25(31)32)6-7-27-24(18)23-19(26)4-3-5-20(23)33-2/h3-9,15-16,28H,10-13H2,1-2H3/t15-,16-/m1/s1. The number of fused-ring (bicyclic) bond motifs is 3. The highest BCUT2D eigenvalue weighted by atomic mass is 19.1. The topological polar surface area (TPSA) is 70.6 Å². The lowest BCUT2D eigenvalue weighted by Gasteiger charge is -2.29. The van der Waals surface area contributed by atoms with Gasteiger partial charge in [0.2, 0.25) is 0 Å². The Labute approximate surface area is 191 Å². The fraction of sp³-hybridized carbons (Fsp3) is 0.320. The van der Waals surface area contributed by atoms with E-state index >= 15 is 0 Å². The molecule has 168 valence electrons. The van der Waals surface area contributed by atoms with Crippen molar-refractivity contribution in [3.05, 3.63) is 65.1 Å². The van der Waals surface area contributed by atoms with E-state index in [1.54, 1.807) is 29.3 Å². The second-order valence-corrected chi connectivity index (χ2v) is 8.90. The largest absolute Gasteiger partial charge is 0.496 e. The molecule has 2 atom stereocenters. The lowest BCUT2D eigenvalue weighted by molar-refractivity contribution is 0.0996. The first-order chi connectivity index (χ1) is 16.0. The van der Waals surface area contributed by atoms with Gasteiger partial charge in [-0.2, -0.15) is 0 Å². The van der Waals surface area contributed by atoms with E-state index in [1.807, 2.05) is 13.0 Å². The average Bonchev–Trinajstić information content (AvgIpc) is 3.53. The third-order valence-corrected chi connectivity index (χ3v) is 6.85. The lowest BCUT2D eigenvalue weighted by atomic mass is 10.0. The zero-order valence-corrected chi connectivity index (χ0v) is 18.5. The Morgan fingerprint density at radius 2 is 2.06 bits per heavy atom. The van der Waals surface area contributed by atoms with Crippen molar-refractivity contribution in [1.29, 1.82) is 0 Å². The fourth-order valence-corrected chi connectivity index (χ4v) is 5.29. The lowest BCUT2D eigenvalue weighted by Crippen LogP contribution is -2.44. The molecule has 8 heteroatoms. The molecule has 0 spiro atoms. The molecular weight excluding hydrogens is 421 g/mol. The van der Waals surface area contributed by atoms with Crippen LogP contribution in [-0.4, -0.2) is 48.2 Å². The predicted octanol–water partition coefficient (Wildman–Crippen LogP) is 3.31. The van der Waals surface area contributed by atoms with Gasteiger partial charge < -0.3 is 15.0 Å². The summed E-state index contributed by atoms with van der Waals surface area (Å²) in [6.45, 7) is 4.18. The molecule has 33 heavy (non-hydrogen) atoms. The molecule has 3 aliphatic rings. The molecule has 0 saturated carbocycles. The third-order valence-electron chi connectivity index (χ3n) is 6.85. The summed E-state index contributed by atoms with van der Waals surface area (Å²) < 4.78 is 20.2. The maximum Gasteiger partial charge on any atom is 0.260 e. The summed E-state index contributed by atoms with van der Waals surface area (Å²) in [5.74, 6) is 1.30. The number of benzene rings is 1. The van der Waals surface area contributed by atoms with E-state index in [0.717, 1.165) is 30.9 Å². The van der Waals surface area contributed by atoms with Crippen molar-refractivity contribution in [1.82, 2.24) is 15.3 Å². The molecule has 1 amide bonds. The fourth-order valence-electron chi connectivity index (χ4n) is 5.29. The molecule has 6 rings (SSSR count). The molecule has 2 bridgehead atoms. The smallest absolute Gasteiger partial charge is 0.260 e. The molecule has 7 nitrogen and oxygen atoms in total. The summed E-state index contributed by atoms with van der Waals surface area (Å²) in [6.07, 6.45) is 2.67. The van der Waals surface area contributed by atoms with Crippen LogP contribution in [0.2, 0.25) is 0 Å². The number of piperazine rings is 1. The SMILES string of the molecule is COc1cccc(F)c1-c1nccc2c1CN(c1cc(C)cc(N3C[C@H]4C[C@@H]3CN4)n1)C2=O. The number of hydrogen-bond donors (Lipinski definition) is 1. The van der Waals surface area contributed by atoms with E-state index in [0.29, 0.717) is 40.5 Å². The Morgan fingerprint density at radius 1 is 1.21 bits per heavy atom. The van der Waals surface area contributed by atoms with Crippen molar-refractivity contribution in [2.24, 2.45) is 0 Å². The molecule has 0 aliphatic carbocycles. The Hall–Kier alpha value is -3.52. The number of methoxy groups -OCH3 is 1. The minimum atomic E-state index is -0.435. The molecule has 0 unspecified atom stereocenters. The van der Waals surface area contributed by atoms with Gasteiger partial charge in [0, 0.05) is 42.5 Å². The number of hydrogen-bond acceptors (Lipinski definition) is 6. The van der Waals surface area contributed by atoms with E-state index < -0.39 is 5.82 Å². The molecule has 2 saturated heterocycles. The maximum atomic E-state index is 14.8. The molecule has 0 radical (unpaired) electrons. The summed E-state index contributed by atoms with van der Waals surface area (Å²) in [6, 6.07) is 11.3. The Balaban J connectivity index is 1.39. The van der Waals surface area contributed by atoms with Crippen molar-refractivity contribution >= 4 is 17.5 Å². The van der Waals surface area contributed by atoms with Gasteiger partial charge in [-0.15, -0.1) is 0 Å². The van der Waals surface area contributed by atoms with Gasteiger partial charge in [0.05, 0.1) is 24.9 Å². The summed E-state index contributed by atoms with van der Waals surface area (Å²) in [7, 11) is 1.50. The summed E-state index contributed by atoms with van der Waals surface area (Å²) in [5.41, 5.74) is 2.93. The van der Waals surface area contributed by atoms with Crippen molar-refractivity contribution in [2.45, 2.75) is 32.0 Å². The van der Waals surface area contributed by atoms with Gasteiger partial charge >= 0.3 is 0 Å². The first-order valence-electron chi connectivity index (χ1n) is 11.1. The molecule has 1 N–H and O–H groups in total. The van der Waals surface area contributed by atoms with Gasteiger partial charge in [-0.25, -0.2) is 9.37 Å². The van der Waals surface area contributed by atoms with Crippen LogP contribution in [0.1, 0.15) is 27.9 Å². The molecular formula is C25H24FN5O2. The number of ether oxygens (including phenoxy) is 1. The van der Waals surface area contributed by atoms with Crippen LogP contribution >= 0.6 is 0 Å². The van der Waals surface area contributed by atoms with Crippen LogP contribution in [0.4, 0.5) is 16.0 Å². The van der Waals surface area contributed by atoms with Crippen LogP contribution in [0.5, 0.6) is 5.75 Å². The highest BCUT2D eigenvalue weighted by Gasteiger charge is 2.39. The quantitative estimate of drug-likeness (QED) is 0.665. The predicted molar refractivity (Wildman–Crippen MR) is 123 cm³/mol. The van der Waals surface area contributed by atoms with Crippen molar-refractivity contribution in [2.75, 3.05) is 30.0 Å². The molecule has 2 aromatic heterocycles. The van der Waals surface area contributed by atoms with Gasteiger partial charge in [0.25, 0.3) is 5.91 Å². The molecule has 5 heterocycles. The number of nitrogens with one attached hydrogen (secondary N) is 1. The van der Waals surface area contributed by atoms with E-state index in [-0.39, 0.29) is 18.0 Å². The maximum absolute atomic E-state index is 14.8. The second-order valence-electron chi connectivity index (χ2n) is 8.90. The zero-order chi connectivity index (χ0) is 22.7. The van der Waals surface area contributed by atoms with Crippen LogP contribution in [0, 0.1) is 12.7 Å². The number of aryl methyl sites for hydroxylation is 1. The molecule has 2 fully saturated rings. The number of carbonyl (C=O) groups is 1. The van der Waals surface area contributed by atoms with Gasteiger partial charge in [-0.05, 0) is 49.2 Å². The monoisotopic (exact) mass is 445 g/mol. The highest BCUT2D eigenvalue weighted by molar-refractivity contribution is 6.10. The van der Waals surface area contributed by atoms with Gasteiger partial charge in [-0.1, -0.05) is 6.07 Å². The third kappa shape index (κ3) is 3.16. The average molecular weight is 445 g/mol. The van der Waals surface area contributed by atoms with E-state index in [4.69, 9.17) is 9.72 Å². The number of aromatic nitrogens is 2. The molecule has 1 aromatic carbocycles. The van der Waals surface area contributed by atoms with Crippen LogP contribution in [0.3, 0.4) is 0 Å². The van der Waals surface area contributed by atoms with Crippen LogP contribution in [0.25, 0.3) is 11.3 Å². The zero-order valence-electron chi connectivity index (χ0n) is 18.5. The van der Waals surface area contributed by atoms with E-state index in [2.05, 4.69) is 21.3 Å². The molecule has 3 aliphatic heterocycles. The summed E-state index contributed by atoms with van der Waals surface area (Å²) in [5, 5.41) is 3.51. The Bertz CT molecular complexity index is 1280. The number of pyridine rings is 2. The van der Waals surface area contributed by atoms with Crippen LogP contribution in [-0.2, 0) is 6.54 Å². The summed E-state index contributed by atoms with van der Waals surface area (Å²) >= 11 is 0. The first kappa shape index (κ1) is 20.1.